The van der Waals surface area contributed by atoms with Crippen molar-refractivity contribution in [2.24, 2.45) is 17.8 Å². The van der Waals surface area contributed by atoms with Crippen LogP contribution in [0.4, 0.5) is 0 Å². The fourth-order valence-electron chi connectivity index (χ4n) is 2.14. The van der Waals surface area contributed by atoms with E-state index in [1.165, 1.54) is 7.11 Å². The van der Waals surface area contributed by atoms with Crippen molar-refractivity contribution >= 4 is 11.8 Å². The zero-order valence-corrected chi connectivity index (χ0v) is 10.2. The second-order valence-electron chi connectivity index (χ2n) is 4.70. The number of Topliss-reactive ketones (excluding diaryl/α,β-unsaturated/α-hetero) is 1. The summed E-state index contributed by atoms with van der Waals surface area (Å²) in [6.45, 7) is 3.96. The van der Waals surface area contributed by atoms with Crippen LogP contribution < -0.4 is 0 Å². The Hall–Kier alpha value is -1.12. The largest absolute Gasteiger partial charge is 0.468 e. The molecule has 0 aliphatic heterocycles. The van der Waals surface area contributed by atoms with E-state index in [9.17, 15) is 9.59 Å². The maximum atomic E-state index is 12.0. The molecule has 3 nitrogen and oxygen atoms in total. The summed E-state index contributed by atoms with van der Waals surface area (Å²) in [7, 11) is 1.34. The van der Waals surface area contributed by atoms with Gasteiger partial charge in [-0.05, 0) is 24.7 Å². The molecule has 3 heteroatoms. The number of ketones is 1. The predicted octanol–water partition coefficient (Wildman–Crippen LogP) is 2.36. The van der Waals surface area contributed by atoms with Gasteiger partial charge in [-0.2, -0.15) is 0 Å². The summed E-state index contributed by atoms with van der Waals surface area (Å²) in [5.41, 5.74) is 0. The molecule has 16 heavy (non-hydrogen) atoms. The highest BCUT2D eigenvalue weighted by molar-refractivity contribution is 5.99. The molecule has 1 unspecified atom stereocenters. The fraction of sp³-hybridized carbons (Fsp3) is 0.692. The van der Waals surface area contributed by atoms with Gasteiger partial charge in [-0.25, -0.2) is 0 Å². The van der Waals surface area contributed by atoms with Gasteiger partial charge in [0.25, 0.3) is 0 Å². The monoisotopic (exact) mass is 224 g/mol. The topological polar surface area (TPSA) is 43.4 Å². The summed E-state index contributed by atoms with van der Waals surface area (Å²) < 4.78 is 4.72. The predicted molar refractivity (Wildman–Crippen MR) is 61.8 cm³/mol. The maximum absolute atomic E-state index is 12.0. The minimum atomic E-state index is -0.588. The van der Waals surface area contributed by atoms with Gasteiger partial charge in [-0.3, -0.25) is 9.59 Å². The van der Waals surface area contributed by atoms with E-state index in [1.807, 2.05) is 13.8 Å². The van der Waals surface area contributed by atoms with Gasteiger partial charge in [-0.15, -0.1) is 0 Å². The molecule has 0 fully saturated rings. The molecule has 0 aromatic heterocycles. The Bertz CT molecular complexity index is 294. The lowest BCUT2D eigenvalue weighted by Gasteiger charge is -2.19. The standard InChI is InChI=1S/C13H20O3/c1-9-6-4-5-7-10(2)12(11(14)8-9)13(15)16-3/h4-5,9-10,12H,6-8H2,1-3H3/b5-4+/t9-,10-,12?/m0/s1. The van der Waals surface area contributed by atoms with Crippen LogP contribution in [0.2, 0.25) is 0 Å². The van der Waals surface area contributed by atoms with E-state index in [1.54, 1.807) is 0 Å². The van der Waals surface area contributed by atoms with E-state index in [4.69, 9.17) is 4.74 Å². The summed E-state index contributed by atoms with van der Waals surface area (Å²) in [4.78, 5) is 23.6. The molecule has 0 saturated heterocycles. The lowest BCUT2D eigenvalue weighted by Crippen LogP contribution is -2.31. The lowest BCUT2D eigenvalue weighted by atomic mass is 9.85. The first-order chi connectivity index (χ1) is 7.56. The third-order valence-electron chi connectivity index (χ3n) is 3.13. The van der Waals surface area contributed by atoms with Crippen molar-refractivity contribution in [3.05, 3.63) is 12.2 Å². The number of carbonyl (C=O) groups excluding carboxylic acids is 2. The van der Waals surface area contributed by atoms with Gasteiger partial charge in [0.2, 0.25) is 0 Å². The molecule has 0 amide bonds. The average Bonchev–Trinajstić information content (AvgIpc) is 2.28. The van der Waals surface area contributed by atoms with Crippen LogP contribution in [0.15, 0.2) is 12.2 Å². The van der Waals surface area contributed by atoms with Crippen molar-refractivity contribution in [2.45, 2.75) is 33.1 Å². The van der Waals surface area contributed by atoms with E-state index in [2.05, 4.69) is 12.2 Å². The van der Waals surface area contributed by atoms with Crippen molar-refractivity contribution in [1.82, 2.24) is 0 Å². The Morgan fingerprint density at radius 3 is 2.56 bits per heavy atom. The van der Waals surface area contributed by atoms with Crippen molar-refractivity contribution in [3.8, 4) is 0 Å². The van der Waals surface area contributed by atoms with E-state index in [0.717, 1.165) is 12.8 Å². The second-order valence-corrected chi connectivity index (χ2v) is 4.70. The van der Waals surface area contributed by atoms with E-state index in [-0.39, 0.29) is 17.7 Å². The molecule has 1 aliphatic rings. The van der Waals surface area contributed by atoms with E-state index >= 15 is 0 Å². The van der Waals surface area contributed by atoms with Gasteiger partial charge in [0.15, 0.2) is 0 Å². The molecule has 0 aromatic rings. The zero-order valence-electron chi connectivity index (χ0n) is 10.2. The van der Waals surface area contributed by atoms with Crippen LogP contribution in [0.25, 0.3) is 0 Å². The zero-order chi connectivity index (χ0) is 12.1. The van der Waals surface area contributed by atoms with Crippen LogP contribution in [0.5, 0.6) is 0 Å². The Morgan fingerprint density at radius 1 is 1.31 bits per heavy atom. The van der Waals surface area contributed by atoms with Gasteiger partial charge in [0.05, 0.1) is 7.11 Å². The number of rotatable bonds is 1. The first-order valence-electron chi connectivity index (χ1n) is 5.81. The molecule has 1 aliphatic carbocycles. The molecule has 0 N–H and O–H groups in total. The van der Waals surface area contributed by atoms with Crippen LogP contribution in [-0.4, -0.2) is 18.9 Å². The highest BCUT2D eigenvalue weighted by Gasteiger charge is 2.33. The molecule has 0 heterocycles. The third kappa shape index (κ3) is 3.19. The SMILES string of the molecule is COC(=O)C1C(=O)C[C@@H](C)C/C=C/C[C@@H]1C. The number of hydrogen-bond donors (Lipinski definition) is 0. The van der Waals surface area contributed by atoms with Gasteiger partial charge in [0.1, 0.15) is 11.7 Å². The summed E-state index contributed by atoms with van der Waals surface area (Å²) in [6, 6.07) is 0. The highest BCUT2D eigenvalue weighted by Crippen LogP contribution is 2.25. The summed E-state index contributed by atoms with van der Waals surface area (Å²) >= 11 is 0. The number of ether oxygens (including phenoxy) is 1. The van der Waals surface area contributed by atoms with Gasteiger partial charge < -0.3 is 4.74 Å². The Kier molecular flexibility index (Phi) is 4.71. The molecular weight excluding hydrogens is 204 g/mol. The third-order valence-corrected chi connectivity index (χ3v) is 3.13. The van der Waals surface area contributed by atoms with E-state index < -0.39 is 5.92 Å². The Morgan fingerprint density at radius 2 is 1.94 bits per heavy atom. The van der Waals surface area contributed by atoms with Crippen LogP contribution in [0.3, 0.4) is 0 Å². The lowest BCUT2D eigenvalue weighted by molar-refractivity contribution is -0.151. The molecule has 0 saturated carbocycles. The summed E-state index contributed by atoms with van der Waals surface area (Å²) in [5, 5.41) is 0. The van der Waals surface area contributed by atoms with Crippen molar-refractivity contribution < 1.29 is 14.3 Å². The van der Waals surface area contributed by atoms with Crippen LogP contribution in [0.1, 0.15) is 33.1 Å². The smallest absolute Gasteiger partial charge is 0.316 e. The van der Waals surface area contributed by atoms with Crippen LogP contribution in [-0.2, 0) is 14.3 Å². The Balaban J connectivity index is 2.86. The van der Waals surface area contributed by atoms with Crippen LogP contribution >= 0.6 is 0 Å². The number of methoxy groups -OCH3 is 1. The van der Waals surface area contributed by atoms with Crippen LogP contribution in [0, 0.1) is 17.8 Å². The molecular formula is C13H20O3. The fourth-order valence-corrected chi connectivity index (χ4v) is 2.14. The summed E-state index contributed by atoms with van der Waals surface area (Å²) in [6.07, 6.45) is 6.31. The van der Waals surface area contributed by atoms with Gasteiger partial charge in [0, 0.05) is 6.42 Å². The minimum Gasteiger partial charge on any atom is -0.468 e. The quantitative estimate of drug-likeness (QED) is 0.390. The number of carbonyl (C=O) groups is 2. The molecule has 90 valence electrons. The summed E-state index contributed by atoms with van der Waals surface area (Å²) in [5.74, 6) is -0.617. The number of hydrogen-bond acceptors (Lipinski definition) is 3. The first-order valence-corrected chi connectivity index (χ1v) is 5.81. The number of esters is 1. The molecule has 0 aromatic carbocycles. The molecule has 1 rings (SSSR count). The second kappa shape index (κ2) is 5.83. The maximum Gasteiger partial charge on any atom is 0.316 e. The van der Waals surface area contributed by atoms with Crippen molar-refractivity contribution in [3.63, 3.8) is 0 Å². The number of allylic oxidation sites excluding steroid dienone is 2. The Labute approximate surface area is 96.9 Å². The molecule has 0 bridgehead atoms. The van der Waals surface area contributed by atoms with Crippen molar-refractivity contribution in [2.75, 3.05) is 7.11 Å². The van der Waals surface area contributed by atoms with Gasteiger partial charge >= 0.3 is 5.97 Å². The molecule has 0 spiro atoms. The molecule has 0 radical (unpaired) electrons. The minimum absolute atomic E-state index is 0.0237. The van der Waals surface area contributed by atoms with Gasteiger partial charge in [-0.1, -0.05) is 26.0 Å². The molecule has 3 atom stereocenters. The van der Waals surface area contributed by atoms with Crippen molar-refractivity contribution in [1.29, 1.82) is 0 Å². The average molecular weight is 224 g/mol. The highest BCUT2D eigenvalue weighted by atomic mass is 16.5. The normalized spacial score (nSPS) is 33.4. The first kappa shape index (κ1) is 12.9. The van der Waals surface area contributed by atoms with E-state index in [0.29, 0.717) is 12.3 Å².